The smallest absolute Gasteiger partial charge is 0.211 e. The van der Waals surface area contributed by atoms with Crippen molar-refractivity contribution >= 4 is 15.8 Å². The molecule has 19 heavy (non-hydrogen) atoms. The van der Waals surface area contributed by atoms with Crippen LogP contribution in [-0.2, 0) is 14.8 Å². The number of carbonyl (C=O) groups excluding carboxylic acids is 1. The molecule has 2 bridgehead atoms. The summed E-state index contributed by atoms with van der Waals surface area (Å²) < 4.78 is 25.3. The highest BCUT2D eigenvalue weighted by Crippen LogP contribution is 2.41. The zero-order chi connectivity index (χ0) is 13.8. The van der Waals surface area contributed by atoms with Crippen LogP contribution >= 0.6 is 0 Å². The van der Waals surface area contributed by atoms with E-state index in [9.17, 15) is 13.2 Å². The molecule has 1 atom stereocenters. The zero-order valence-corrected chi connectivity index (χ0v) is 12.4. The number of rotatable bonds is 4. The molecule has 0 amide bonds. The molecule has 0 aromatic carbocycles. The van der Waals surface area contributed by atoms with Gasteiger partial charge in [0.2, 0.25) is 10.0 Å². The highest BCUT2D eigenvalue weighted by Gasteiger charge is 2.50. The standard InChI is InChI=1S/C13H22N2O3S/c1-13-5-7-14(8-6-13)11(12(13)16)9-15(10-3-4-10)19(2,17)18/h10-11H,3-9H2,1-2H3. The summed E-state index contributed by atoms with van der Waals surface area (Å²) in [6, 6.07) is -0.0833. The van der Waals surface area contributed by atoms with Crippen molar-refractivity contribution in [3.05, 3.63) is 0 Å². The maximum absolute atomic E-state index is 12.6. The first-order valence-corrected chi connectivity index (χ1v) is 8.91. The third-order valence-corrected chi connectivity index (χ3v) is 6.27. The van der Waals surface area contributed by atoms with Crippen LogP contribution in [0.5, 0.6) is 0 Å². The molecule has 0 radical (unpaired) electrons. The first-order valence-electron chi connectivity index (χ1n) is 7.06. The quantitative estimate of drug-likeness (QED) is 0.753. The molecule has 4 aliphatic rings. The van der Waals surface area contributed by atoms with Gasteiger partial charge in [-0.05, 0) is 38.8 Å². The molecule has 108 valence electrons. The number of carbonyl (C=O) groups is 1. The number of hydrogen-bond acceptors (Lipinski definition) is 4. The lowest BCUT2D eigenvalue weighted by Crippen LogP contribution is -2.63. The predicted molar refractivity (Wildman–Crippen MR) is 72.3 cm³/mol. The number of Topliss-reactive ketones (excluding diaryl/α,β-unsaturated/α-hetero) is 1. The summed E-state index contributed by atoms with van der Waals surface area (Å²) >= 11 is 0. The Hall–Kier alpha value is -0.460. The van der Waals surface area contributed by atoms with Crippen molar-refractivity contribution in [3.8, 4) is 0 Å². The monoisotopic (exact) mass is 286 g/mol. The molecule has 5 nitrogen and oxygen atoms in total. The second-order valence-corrected chi connectivity index (χ2v) is 8.48. The van der Waals surface area contributed by atoms with Crippen molar-refractivity contribution in [2.45, 2.75) is 44.7 Å². The molecule has 4 fully saturated rings. The van der Waals surface area contributed by atoms with E-state index in [-0.39, 0.29) is 23.3 Å². The van der Waals surface area contributed by atoms with Gasteiger partial charge in [-0.15, -0.1) is 0 Å². The highest BCUT2D eigenvalue weighted by molar-refractivity contribution is 7.88. The average molecular weight is 286 g/mol. The highest BCUT2D eigenvalue weighted by atomic mass is 32.2. The van der Waals surface area contributed by atoms with Gasteiger partial charge in [-0.3, -0.25) is 9.69 Å². The summed E-state index contributed by atoms with van der Waals surface area (Å²) in [7, 11) is -3.21. The lowest BCUT2D eigenvalue weighted by atomic mass is 9.69. The van der Waals surface area contributed by atoms with Gasteiger partial charge in [0.05, 0.1) is 12.3 Å². The molecule has 3 aliphatic heterocycles. The van der Waals surface area contributed by atoms with E-state index in [0.29, 0.717) is 6.54 Å². The van der Waals surface area contributed by atoms with Crippen LogP contribution in [0.4, 0.5) is 0 Å². The number of fused-ring (bicyclic) bond motifs is 3. The molecule has 0 N–H and O–H groups in total. The Labute approximate surface area is 115 Å². The van der Waals surface area contributed by atoms with E-state index >= 15 is 0 Å². The fourth-order valence-electron chi connectivity index (χ4n) is 3.43. The van der Waals surface area contributed by atoms with E-state index in [4.69, 9.17) is 0 Å². The van der Waals surface area contributed by atoms with Crippen molar-refractivity contribution in [3.63, 3.8) is 0 Å². The van der Waals surface area contributed by atoms with Crippen LogP contribution < -0.4 is 0 Å². The van der Waals surface area contributed by atoms with Crippen LogP contribution in [0.3, 0.4) is 0 Å². The molecule has 3 heterocycles. The number of nitrogens with zero attached hydrogens (tertiary/aromatic N) is 2. The van der Waals surface area contributed by atoms with E-state index < -0.39 is 10.0 Å². The normalized spacial score (nSPS) is 39.0. The largest absolute Gasteiger partial charge is 0.297 e. The van der Waals surface area contributed by atoms with Crippen molar-refractivity contribution in [2.75, 3.05) is 25.9 Å². The van der Waals surface area contributed by atoms with Gasteiger partial charge in [0.25, 0.3) is 0 Å². The van der Waals surface area contributed by atoms with E-state index in [1.165, 1.54) is 6.26 Å². The van der Waals surface area contributed by atoms with Crippen molar-refractivity contribution in [2.24, 2.45) is 5.41 Å². The lowest BCUT2D eigenvalue weighted by Gasteiger charge is -2.50. The first-order chi connectivity index (χ1) is 8.81. The maximum Gasteiger partial charge on any atom is 0.211 e. The molecule has 0 spiro atoms. The molecule has 1 unspecified atom stereocenters. The Kier molecular flexibility index (Phi) is 3.04. The van der Waals surface area contributed by atoms with Crippen LogP contribution in [0.2, 0.25) is 0 Å². The summed E-state index contributed by atoms with van der Waals surface area (Å²) in [5.41, 5.74) is -0.216. The van der Waals surface area contributed by atoms with Gasteiger partial charge < -0.3 is 0 Å². The van der Waals surface area contributed by atoms with Gasteiger partial charge in [-0.2, -0.15) is 4.31 Å². The van der Waals surface area contributed by atoms with Gasteiger partial charge in [0, 0.05) is 18.0 Å². The Balaban J connectivity index is 1.80. The van der Waals surface area contributed by atoms with Crippen molar-refractivity contribution in [1.82, 2.24) is 9.21 Å². The minimum Gasteiger partial charge on any atom is -0.297 e. The number of ketones is 1. The molecule has 0 aromatic rings. The second kappa shape index (κ2) is 4.27. The Morgan fingerprint density at radius 1 is 1.32 bits per heavy atom. The minimum atomic E-state index is -3.21. The summed E-state index contributed by atoms with van der Waals surface area (Å²) in [6.07, 6.45) is 4.97. The predicted octanol–water partition coefficient (Wildman–Crippen LogP) is 0.464. The Morgan fingerprint density at radius 2 is 1.89 bits per heavy atom. The van der Waals surface area contributed by atoms with Crippen LogP contribution in [0.1, 0.15) is 32.6 Å². The Morgan fingerprint density at radius 3 is 2.37 bits per heavy atom. The SMILES string of the molecule is CC12CCN(CC1)C(CN(C1CC1)S(C)(=O)=O)C2=O. The second-order valence-electron chi connectivity index (χ2n) is 6.54. The number of hydrogen-bond donors (Lipinski definition) is 0. The van der Waals surface area contributed by atoms with Gasteiger partial charge in [-0.1, -0.05) is 6.92 Å². The van der Waals surface area contributed by atoms with E-state index in [0.717, 1.165) is 38.8 Å². The molecule has 4 rings (SSSR count). The van der Waals surface area contributed by atoms with Gasteiger partial charge in [0.1, 0.15) is 0 Å². The van der Waals surface area contributed by atoms with Crippen LogP contribution in [0.25, 0.3) is 0 Å². The minimum absolute atomic E-state index is 0.136. The number of sulfonamides is 1. The number of piperidine rings is 3. The summed E-state index contributed by atoms with van der Waals surface area (Å²) in [5.74, 6) is 0.249. The molecule has 6 heteroatoms. The third-order valence-electron chi connectivity index (χ3n) is 4.97. The topological polar surface area (TPSA) is 57.7 Å². The van der Waals surface area contributed by atoms with Gasteiger partial charge >= 0.3 is 0 Å². The molecule has 1 aliphatic carbocycles. The summed E-state index contributed by atoms with van der Waals surface area (Å²) in [5, 5.41) is 0. The van der Waals surface area contributed by atoms with Crippen LogP contribution in [0, 0.1) is 5.41 Å². The van der Waals surface area contributed by atoms with Crippen LogP contribution in [-0.4, -0.2) is 61.4 Å². The Bertz CT molecular complexity index is 490. The zero-order valence-electron chi connectivity index (χ0n) is 11.6. The van der Waals surface area contributed by atoms with E-state index in [1.807, 2.05) is 6.92 Å². The summed E-state index contributed by atoms with van der Waals surface area (Å²) in [4.78, 5) is 14.7. The fraction of sp³-hybridized carbons (Fsp3) is 0.923. The molecular weight excluding hydrogens is 264 g/mol. The molecule has 3 saturated heterocycles. The van der Waals surface area contributed by atoms with Crippen molar-refractivity contribution < 1.29 is 13.2 Å². The van der Waals surface area contributed by atoms with Gasteiger partial charge in [-0.25, -0.2) is 8.42 Å². The van der Waals surface area contributed by atoms with Gasteiger partial charge in [0.15, 0.2) is 5.78 Å². The van der Waals surface area contributed by atoms with Crippen LogP contribution in [0.15, 0.2) is 0 Å². The maximum atomic E-state index is 12.6. The van der Waals surface area contributed by atoms with E-state index in [2.05, 4.69) is 4.90 Å². The third kappa shape index (κ3) is 2.34. The van der Waals surface area contributed by atoms with E-state index in [1.54, 1.807) is 4.31 Å². The van der Waals surface area contributed by atoms with Crippen molar-refractivity contribution in [1.29, 1.82) is 0 Å². The summed E-state index contributed by atoms with van der Waals surface area (Å²) in [6.45, 7) is 4.25. The molecule has 1 saturated carbocycles. The average Bonchev–Trinajstić information content (AvgIpc) is 3.12. The lowest BCUT2D eigenvalue weighted by molar-refractivity contribution is -0.146. The molecule has 0 aromatic heterocycles. The first kappa shape index (κ1) is 13.5. The molecular formula is C13H22N2O3S. The fourth-order valence-corrected chi connectivity index (χ4v) is 4.59.